The van der Waals surface area contributed by atoms with Gasteiger partial charge in [0.1, 0.15) is 0 Å². The van der Waals surface area contributed by atoms with Crippen molar-refractivity contribution < 1.29 is 9.84 Å². The predicted molar refractivity (Wildman–Crippen MR) is 75.7 cm³/mol. The lowest BCUT2D eigenvalue weighted by molar-refractivity contribution is -0.139. The summed E-state index contributed by atoms with van der Waals surface area (Å²) in [6.45, 7) is 5.18. The monoisotopic (exact) mass is 267 g/mol. The maximum atomic E-state index is 11.3. The third kappa shape index (κ3) is 1.97. The second-order valence-corrected chi connectivity index (χ2v) is 7.50. The molecular weight excluding hydrogens is 238 g/mol. The first-order valence-electron chi connectivity index (χ1n) is 8.09. The van der Waals surface area contributed by atoms with Gasteiger partial charge in [0.05, 0.1) is 17.8 Å². The van der Waals surface area contributed by atoms with Gasteiger partial charge in [-0.3, -0.25) is 0 Å². The molecular formula is C16H29NO2. The van der Waals surface area contributed by atoms with Gasteiger partial charge < -0.3 is 15.6 Å². The minimum atomic E-state index is -0.576. The van der Waals surface area contributed by atoms with Crippen LogP contribution in [-0.4, -0.2) is 29.5 Å². The van der Waals surface area contributed by atoms with Crippen LogP contribution in [-0.2, 0) is 4.74 Å². The molecule has 3 fully saturated rings. The summed E-state index contributed by atoms with van der Waals surface area (Å²) in [7, 11) is 0. The van der Waals surface area contributed by atoms with Gasteiger partial charge in [-0.2, -0.15) is 0 Å². The molecule has 3 N–H and O–H groups in total. The summed E-state index contributed by atoms with van der Waals surface area (Å²) < 4.78 is 6.03. The fraction of sp³-hybridized carbons (Fsp3) is 1.00. The highest BCUT2D eigenvalue weighted by atomic mass is 16.5. The molecule has 110 valence electrons. The highest BCUT2D eigenvalue weighted by Crippen LogP contribution is 2.57. The van der Waals surface area contributed by atoms with Gasteiger partial charge in [0.2, 0.25) is 0 Å². The number of rotatable bonds is 3. The smallest absolute Gasteiger partial charge is 0.0741 e. The van der Waals surface area contributed by atoms with E-state index in [1.165, 1.54) is 0 Å². The minimum absolute atomic E-state index is 0.155. The summed E-state index contributed by atoms with van der Waals surface area (Å²) in [5, 5.41) is 11.3. The molecule has 3 rings (SSSR count). The van der Waals surface area contributed by atoms with Crippen LogP contribution >= 0.6 is 0 Å². The van der Waals surface area contributed by atoms with Gasteiger partial charge in [0.25, 0.3) is 0 Å². The fourth-order valence-corrected chi connectivity index (χ4v) is 4.98. The normalized spacial score (nSPS) is 50.1. The number of aliphatic hydroxyl groups is 1. The van der Waals surface area contributed by atoms with Gasteiger partial charge >= 0.3 is 0 Å². The van der Waals surface area contributed by atoms with Crippen molar-refractivity contribution in [3.8, 4) is 0 Å². The van der Waals surface area contributed by atoms with Crippen molar-refractivity contribution in [3.63, 3.8) is 0 Å². The van der Waals surface area contributed by atoms with E-state index >= 15 is 0 Å². The molecule has 0 radical (unpaired) electrons. The van der Waals surface area contributed by atoms with E-state index in [-0.39, 0.29) is 11.5 Å². The van der Waals surface area contributed by atoms with Crippen LogP contribution < -0.4 is 5.73 Å². The number of ether oxygens (including phenoxy) is 1. The molecule has 0 amide bonds. The molecule has 0 spiro atoms. The predicted octanol–water partition coefficient (Wildman–Crippen LogP) is 2.46. The summed E-state index contributed by atoms with van der Waals surface area (Å²) in [4.78, 5) is 0. The van der Waals surface area contributed by atoms with Crippen LogP contribution in [0, 0.1) is 17.3 Å². The summed E-state index contributed by atoms with van der Waals surface area (Å²) in [6.07, 6.45) is 7.94. The van der Waals surface area contributed by atoms with Gasteiger partial charge in [-0.15, -0.1) is 0 Å². The number of nitrogens with two attached hydrogens (primary N) is 1. The van der Waals surface area contributed by atoms with Crippen molar-refractivity contribution in [2.24, 2.45) is 23.0 Å². The Kier molecular flexibility index (Phi) is 3.43. The lowest BCUT2D eigenvalue weighted by Crippen LogP contribution is -2.59. The number of hydrogen-bond donors (Lipinski definition) is 2. The lowest BCUT2D eigenvalue weighted by atomic mass is 9.57. The Hall–Kier alpha value is -0.120. The molecule has 0 aromatic heterocycles. The Labute approximate surface area is 116 Å². The molecule has 2 aliphatic heterocycles. The second-order valence-electron chi connectivity index (χ2n) is 7.50. The molecule has 0 aromatic rings. The van der Waals surface area contributed by atoms with E-state index in [0.717, 1.165) is 56.8 Å². The first kappa shape index (κ1) is 13.8. The average Bonchev–Trinajstić information content (AvgIpc) is 3.00. The standard InChI is InChI=1S/C16H29NO2/c1-11(2)12-5-7-16(18,8-6-12)15(10-17)9-13-3-4-14(15)19-13/h11-14,18H,3-10,17H2,1-2H3. The maximum absolute atomic E-state index is 11.3. The first-order valence-corrected chi connectivity index (χ1v) is 8.09. The van der Waals surface area contributed by atoms with Crippen molar-refractivity contribution in [1.82, 2.24) is 0 Å². The lowest BCUT2D eigenvalue weighted by Gasteiger charge is -2.51. The molecule has 1 saturated carbocycles. The van der Waals surface area contributed by atoms with Crippen molar-refractivity contribution >= 4 is 0 Å². The Morgan fingerprint density at radius 2 is 1.89 bits per heavy atom. The van der Waals surface area contributed by atoms with Crippen LogP contribution in [0.15, 0.2) is 0 Å². The summed E-state index contributed by atoms with van der Waals surface area (Å²) in [5.74, 6) is 1.50. The molecule has 0 aromatic carbocycles. The number of fused-ring (bicyclic) bond motifs is 2. The third-order valence-corrected chi connectivity index (χ3v) is 6.41. The molecule has 2 bridgehead atoms. The van der Waals surface area contributed by atoms with E-state index in [1.807, 2.05) is 0 Å². The van der Waals surface area contributed by atoms with E-state index in [9.17, 15) is 5.11 Å². The minimum Gasteiger partial charge on any atom is -0.389 e. The molecule has 3 nitrogen and oxygen atoms in total. The van der Waals surface area contributed by atoms with Gasteiger partial charge in [0.15, 0.2) is 0 Å². The Bertz CT molecular complexity index is 336. The summed E-state index contributed by atoms with van der Waals surface area (Å²) >= 11 is 0. The van der Waals surface area contributed by atoms with Crippen LogP contribution in [0.4, 0.5) is 0 Å². The van der Waals surface area contributed by atoms with Gasteiger partial charge in [-0.1, -0.05) is 13.8 Å². The molecule has 3 atom stereocenters. The molecule has 19 heavy (non-hydrogen) atoms. The first-order chi connectivity index (χ1) is 9.01. The van der Waals surface area contributed by atoms with Crippen LogP contribution in [0.2, 0.25) is 0 Å². The zero-order chi connectivity index (χ0) is 13.7. The molecule has 3 aliphatic rings. The molecule has 2 saturated heterocycles. The molecule has 3 unspecified atom stereocenters. The SMILES string of the molecule is CC(C)C1CCC(O)(C2(CN)CC3CCC2O3)CC1. The van der Waals surface area contributed by atoms with E-state index < -0.39 is 5.60 Å². The zero-order valence-electron chi connectivity index (χ0n) is 12.4. The summed E-state index contributed by atoms with van der Waals surface area (Å²) in [6, 6.07) is 0. The average molecular weight is 267 g/mol. The highest BCUT2D eigenvalue weighted by molar-refractivity contribution is 5.12. The van der Waals surface area contributed by atoms with Gasteiger partial charge in [-0.25, -0.2) is 0 Å². The topological polar surface area (TPSA) is 55.5 Å². The Morgan fingerprint density at radius 3 is 2.32 bits per heavy atom. The molecule has 1 aliphatic carbocycles. The quantitative estimate of drug-likeness (QED) is 0.826. The van der Waals surface area contributed by atoms with E-state index in [0.29, 0.717) is 12.6 Å². The van der Waals surface area contributed by atoms with Crippen molar-refractivity contribution in [2.75, 3.05) is 6.54 Å². The van der Waals surface area contributed by atoms with Gasteiger partial charge in [0, 0.05) is 12.0 Å². The highest BCUT2D eigenvalue weighted by Gasteiger charge is 2.62. The van der Waals surface area contributed by atoms with Crippen molar-refractivity contribution in [2.45, 2.75) is 76.6 Å². The third-order valence-electron chi connectivity index (χ3n) is 6.41. The molecule has 3 heteroatoms. The maximum Gasteiger partial charge on any atom is 0.0741 e. The Balaban J connectivity index is 1.77. The van der Waals surface area contributed by atoms with Crippen LogP contribution in [0.25, 0.3) is 0 Å². The van der Waals surface area contributed by atoms with Gasteiger partial charge in [-0.05, 0) is 56.8 Å². The number of hydrogen-bond acceptors (Lipinski definition) is 3. The largest absolute Gasteiger partial charge is 0.389 e. The Morgan fingerprint density at radius 1 is 1.21 bits per heavy atom. The van der Waals surface area contributed by atoms with E-state index in [2.05, 4.69) is 13.8 Å². The van der Waals surface area contributed by atoms with Crippen molar-refractivity contribution in [3.05, 3.63) is 0 Å². The van der Waals surface area contributed by atoms with Crippen molar-refractivity contribution in [1.29, 1.82) is 0 Å². The second kappa shape index (κ2) is 4.71. The zero-order valence-corrected chi connectivity index (χ0v) is 12.4. The van der Waals surface area contributed by atoms with E-state index in [1.54, 1.807) is 0 Å². The van der Waals surface area contributed by atoms with Crippen LogP contribution in [0.3, 0.4) is 0 Å². The summed E-state index contributed by atoms with van der Waals surface area (Å²) in [5.41, 5.74) is 5.39. The van der Waals surface area contributed by atoms with Crippen LogP contribution in [0.5, 0.6) is 0 Å². The molecule has 2 heterocycles. The van der Waals surface area contributed by atoms with E-state index in [4.69, 9.17) is 10.5 Å². The van der Waals surface area contributed by atoms with Crippen LogP contribution in [0.1, 0.15) is 58.8 Å². The fourth-order valence-electron chi connectivity index (χ4n) is 4.98.